The lowest BCUT2D eigenvalue weighted by molar-refractivity contribution is 0.663. The Morgan fingerprint density at radius 1 is 1.13 bits per heavy atom. The van der Waals surface area contributed by atoms with Crippen molar-refractivity contribution in [3.8, 4) is 12.1 Å². The molecule has 1 aromatic heterocycles. The Kier molecular flexibility index (Phi) is 4.50. The molecule has 23 heavy (non-hydrogen) atoms. The molecule has 1 aliphatic rings. The zero-order chi connectivity index (χ0) is 16.2. The molecule has 4 nitrogen and oxygen atoms in total. The molecule has 0 radical (unpaired) electrons. The summed E-state index contributed by atoms with van der Waals surface area (Å²) in [7, 11) is 0. The molecule has 0 saturated heterocycles. The highest BCUT2D eigenvalue weighted by atomic mass is 32.2. The summed E-state index contributed by atoms with van der Waals surface area (Å²) >= 11 is 1.57. The molecule has 0 unspecified atom stereocenters. The number of aromatic nitrogens is 1. The van der Waals surface area contributed by atoms with Crippen LogP contribution in [0.15, 0.2) is 34.1 Å². The van der Waals surface area contributed by atoms with Crippen LogP contribution in [0.4, 0.5) is 0 Å². The normalized spacial score (nSPS) is 13.0. The Bertz CT molecular complexity index is 887. The van der Waals surface area contributed by atoms with E-state index in [1.807, 2.05) is 18.2 Å². The van der Waals surface area contributed by atoms with Crippen molar-refractivity contribution in [1.29, 1.82) is 10.5 Å². The number of pyridine rings is 1. The number of nitrogens with one attached hydrogen (secondary N) is 1. The summed E-state index contributed by atoms with van der Waals surface area (Å²) in [6, 6.07) is 11.7. The van der Waals surface area contributed by atoms with Gasteiger partial charge >= 0.3 is 0 Å². The molecule has 114 valence electrons. The summed E-state index contributed by atoms with van der Waals surface area (Å²) in [5.74, 6) is 0.684. The molecule has 0 spiro atoms. The number of aromatic amines is 1. The first kappa shape index (κ1) is 15.4. The summed E-state index contributed by atoms with van der Waals surface area (Å²) in [5.41, 5.74) is 3.71. The van der Waals surface area contributed by atoms with Gasteiger partial charge in [0.25, 0.3) is 5.56 Å². The molecule has 3 rings (SSSR count). The van der Waals surface area contributed by atoms with Crippen LogP contribution in [0, 0.1) is 22.7 Å². The number of nitrogens with zero attached hydrogens (tertiary/aromatic N) is 2. The molecule has 0 saturated carbocycles. The van der Waals surface area contributed by atoms with E-state index in [-0.39, 0.29) is 11.1 Å². The van der Waals surface area contributed by atoms with Crippen LogP contribution in [0.5, 0.6) is 0 Å². The van der Waals surface area contributed by atoms with Gasteiger partial charge in [-0.1, -0.05) is 12.1 Å². The maximum absolute atomic E-state index is 12.1. The Morgan fingerprint density at radius 3 is 2.65 bits per heavy atom. The number of rotatable bonds is 3. The molecule has 0 bridgehead atoms. The highest BCUT2D eigenvalue weighted by molar-refractivity contribution is 7.98. The third-order valence-electron chi connectivity index (χ3n) is 4.05. The number of benzene rings is 1. The minimum absolute atomic E-state index is 0.274. The molecule has 1 heterocycles. The SMILES string of the molecule is N#Cc1cccc(CSc2[nH]c(=O)c(C#N)c3c2CCCC3)c1. The third-order valence-corrected chi connectivity index (χ3v) is 5.16. The molecule has 0 amide bonds. The predicted octanol–water partition coefficient (Wildman–Crippen LogP) is 3.29. The van der Waals surface area contributed by atoms with Gasteiger partial charge in [-0.2, -0.15) is 10.5 Å². The van der Waals surface area contributed by atoms with E-state index in [2.05, 4.69) is 17.1 Å². The monoisotopic (exact) mass is 321 g/mol. The van der Waals surface area contributed by atoms with Crippen molar-refractivity contribution in [3.63, 3.8) is 0 Å². The van der Waals surface area contributed by atoms with Crippen molar-refractivity contribution in [2.75, 3.05) is 0 Å². The standard InChI is InChI=1S/C18H15N3OS/c19-9-12-4-3-5-13(8-12)11-23-18-15-7-2-1-6-14(15)16(10-20)17(22)21-18/h3-5,8H,1-2,6-7,11H2,(H,21,22). The van der Waals surface area contributed by atoms with E-state index in [9.17, 15) is 10.1 Å². The van der Waals surface area contributed by atoms with Gasteiger partial charge < -0.3 is 4.98 Å². The number of hydrogen-bond donors (Lipinski definition) is 1. The van der Waals surface area contributed by atoms with Gasteiger partial charge in [0.2, 0.25) is 0 Å². The average Bonchev–Trinajstić information content (AvgIpc) is 2.60. The Balaban J connectivity index is 1.92. The smallest absolute Gasteiger partial charge is 0.267 e. The second-order valence-electron chi connectivity index (χ2n) is 5.54. The summed E-state index contributed by atoms with van der Waals surface area (Å²) in [4.78, 5) is 15.0. The molecule has 0 atom stereocenters. The van der Waals surface area contributed by atoms with Gasteiger partial charge in [-0.3, -0.25) is 4.79 Å². The summed E-state index contributed by atoms with van der Waals surface area (Å²) in [6.07, 6.45) is 3.82. The van der Waals surface area contributed by atoms with E-state index in [1.54, 1.807) is 17.8 Å². The predicted molar refractivity (Wildman–Crippen MR) is 89.1 cm³/mol. The lowest BCUT2D eigenvalue weighted by atomic mass is 9.90. The molecule has 0 fully saturated rings. The van der Waals surface area contributed by atoms with Crippen molar-refractivity contribution in [3.05, 3.63) is 62.4 Å². The first-order valence-electron chi connectivity index (χ1n) is 7.53. The topological polar surface area (TPSA) is 80.4 Å². The molecular weight excluding hydrogens is 306 g/mol. The number of thioether (sulfide) groups is 1. The minimum Gasteiger partial charge on any atom is -0.316 e. The van der Waals surface area contributed by atoms with Crippen LogP contribution in [0.1, 0.15) is 40.7 Å². The van der Waals surface area contributed by atoms with Crippen LogP contribution < -0.4 is 5.56 Å². The van der Waals surface area contributed by atoms with E-state index >= 15 is 0 Å². The minimum atomic E-state index is -0.290. The van der Waals surface area contributed by atoms with Gasteiger partial charge in [-0.25, -0.2) is 0 Å². The third kappa shape index (κ3) is 3.16. The van der Waals surface area contributed by atoms with Crippen LogP contribution in [0.25, 0.3) is 0 Å². The van der Waals surface area contributed by atoms with Gasteiger partial charge in [0.05, 0.1) is 16.7 Å². The lowest BCUT2D eigenvalue weighted by Gasteiger charge is -2.19. The first-order chi connectivity index (χ1) is 11.2. The number of H-pyrrole nitrogens is 1. The van der Waals surface area contributed by atoms with Crippen LogP contribution >= 0.6 is 11.8 Å². The quantitative estimate of drug-likeness (QED) is 0.880. The first-order valence-corrected chi connectivity index (χ1v) is 8.51. The average molecular weight is 321 g/mol. The molecule has 1 aliphatic carbocycles. The van der Waals surface area contributed by atoms with Gasteiger partial charge in [0.1, 0.15) is 11.6 Å². The maximum atomic E-state index is 12.1. The Morgan fingerprint density at radius 2 is 1.91 bits per heavy atom. The van der Waals surface area contributed by atoms with Crippen molar-refractivity contribution in [1.82, 2.24) is 4.98 Å². The van der Waals surface area contributed by atoms with Crippen LogP contribution in [-0.4, -0.2) is 4.98 Å². The van der Waals surface area contributed by atoms with Crippen LogP contribution in [-0.2, 0) is 18.6 Å². The van der Waals surface area contributed by atoms with Crippen molar-refractivity contribution >= 4 is 11.8 Å². The molecule has 2 aromatic rings. The van der Waals surface area contributed by atoms with E-state index in [1.165, 1.54) is 0 Å². The fourth-order valence-corrected chi connectivity index (χ4v) is 3.99. The van der Waals surface area contributed by atoms with Crippen LogP contribution in [0.2, 0.25) is 0 Å². The fraction of sp³-hybridized carbons (Fsp3) is 0.278. The number of hydrogen-bond acceptors (Lipinski definition) is 4. The zero-order valence-electron chi connectivity index (χ0n) is 12.6. The summed E-state index contributed by atoms with van der Waals surface area (Å²) in [6.45, 7) is 0. The van der Waals surface area contributed by atoms with Crippen molar-refractivity contribution in [2.45, 2.75) is 36.5 Å². The summed E-state index contributed by atoms with van der Waals surface area (Å²) < 4.78 is 0. The zero-order valence-corrected chi connectivity index (χ0v) is 13.4. The van der Waals surface area contributed by atoms with E-state index in [0.717, 1.165) is 47.4 Å². The van der Waals surface area contributed by atoms with Gasteiger partial charge in [0.15, 0.2) is 0 Å². The van der Waals surface area contributed by atoms with Crippen molar-refractivity contribution < 1.29 is 0 Å². The van der Waals surface area contributed by atoms with Crippen molar-refractivity contribution in [2.24, 2.45) is 0 Å². The molecule has 0 aliphatic heterocycles. The maximum Gasteiger partial charge on any atom is 0.267 e. The number of fused-ring (bicyclic) bond motifs is 1. The van der Waals surface area contributed by atoms with E-state index in [0.29, 0.717) is 11.3 Å². The van der Waals surface area contributed by atoms with E-state index < -0.39 is 0 Å². The highest BCUT2D eigenvalue weighted by Crippen LogP contribution is 2.31. The molecule has 1 N–H and O–H groups in total. The number of nitriles is 2. The second-order valence-corrected chi connectivity index (χ2v) is 6.52. The van der Waals surface area contributed by atoms with Gasteiger partial charge in [-0.05, 0) is 54.5 Å². The summed E-state index contributed by atoms with van der Waals surface area (Å²) in [5, 5.41) is 19.1. The fourth-order valence-electron chi connectivity index (χ4n) is 2.94. The lowest BCUT2D eigenvalue weighted by Crippen LogP contribution is -2.20. The largest absolute Gasteiger partial charge is 0.316 e. The molecule has 5 heteroatoms. The highest BCUT2D eigenvalue weighted by Gasteiger charge is 2.20. The van der Waals surface area contributed by atoms with Gasteiger partial charge in [-0.15, -0.1) is 11.8 Å². The van der Waals surface area contributed by atoms with Crippen LogP contribution in [0.3, 0.4) is 0 Å². The Labute approximate surface area is 138 Å². The van der Waals surface area contributed by atoms with E-state index in [4.69, 9.17) is 5.26 Å². The molecular formula is C18H15N3OS. The van der Waals surface area contributed by atoms with Gasteiger partial charge in [0, 0.05) is 5.75 Å². The molecule has 1 aromatic carbocycles. The second kappa shape index (κ2) is 6.73. The Hall–Kier alpha value is -2.50.